The molecule has 0 bridgehead atoms. The highest BCUT2D eigenvalue weighted by molar-refractivity contribution is 5.27. The van der Waals surface area contributed by atoms with Gasteiger partial charge in [0.25, 0.3) is 0 Å². The molecule has 19 heavy (non-hydrogen) atoms. The van der Waals surface area contributed by atoms with Gasteiger partial charge in [-0.25, -0.2) is 0 Å². The summed E-state index contributed by atoms with van der Waals surface area (Å²) in [7, 11) is 0. The molecule has 3 nitrogen and oxygen atoms in total. The molecular formula is C16H25NO2. The second-order valence-corrected chi connectivity index (χ2v) is 5.65. The van der Waals surface area contributed by atoms with Crippen molar-refractivity contribution in [2.45, 2.75) is 64.3 Å². The van der Waals surface area contributed by atoms with Crippen molar-refractivity contribution >= 4 is 0 Å². The van der Waals surface area contributed by atoms with Crippen LogP contribution in [0, 0.1) is 0 Å². The summed E-state index contributed by atoms with van der Waals surface area (Å²) in [5.74, 6) is 0.913. The molecule has 0 aromatic heterocycles. The van der Waals surface area contributed by atoms with E-state index in [0.29, 0.717) is 0 Å². The van der Waals surface area contributed by atoms with Crippen molar-refractivity contribution in [2.24, 2.45) is 0 Å². The minimum absolute atomic E-state index is 0.183. The number of aliphatic hydroxyl groups is 1. The third-order valence-electron chi connectivity index (χ3n) is 3.59. The van der Waals surface area contributed by atoms with Crippen LogP contribution in [0.3, 0.4) is 0 Å². The fraction of sp³-hybridized carbons (Fsp3) is 0.625. The van der Waals surface area contributed by atoms with Crippen molar-refractivity contribution in [1.29, 1.82) is 0 Å². The Kier molecular flexibility index (Phi) is 5.23. The Hall–Kier alpha value is -1.06. The van der Waals surface area contributed by atoms with Crippen LogP contribution in [0.25, 0.3) is 0 Å². The second kappa shape index (κ2) is 6.92. The van der Waals surface area contributed by atoms with Crippen LogP contribution in [0.5, 0.6) is 5.75 Å². The summed E-state index contributed by atoms with van der Waals surface area (Å²) in [6.45, 7) is 4.86. The Morgan fingerprint density at radius 2 is 1.89 bits per heavy atom. The largest absolute Gasteiger partial charge is 0.491 e. The molecule has 0 saturated heterocycles. The zero-order valence-electron chi connectivity index (χ0n) is 11.9. The molecule has 0 amide bonds. The summed E-state index contributed by atoms with van der Waals surface area (Å²) in [5, 5.41) is 13.4. The fourth-order valence-electron chi connectivity index (χ4n) is 2.56. The molecule has 1 aromatic rings. The van der Waals surface area contributed by atoms with E-state index in [9.17, 15) is 5.11 Å². The van der Waals surface area contributed by atoms with Gasteiger partial charge in [-0.1, -0.05) is 25.0 Å². The Balaban J connectivity index is 1.82. The number of ether oxygens (including phenoxy) is 1. The molecule has 2 rings (SSSR count). The first-order valence-electron chi connectivity index (χ1n) is 7.32. The fourth-order valence-corrected chi connectivity index (χ4v) is 2.56. The van der Waals surface area contributed by atoms with Gasteiger partial charge in [-0.15, -0.1) is 0 Å². The average molecular weight is 263 g/mol. The summed E-state index contributed by atoms with van der Waals surface area (Å²) in [4.78, 5) is 0. The quantitative estimate of drug-likeness (QED) is 0.858. The van der Waals surface area contributed by atoms with Gasteiger partial charge in [0.2, 0.25) is 0 Å². The lowest BCUT2D eigenvalue weighted by atomic mass is 9.92. The molecule has 1 saturated carbocycles. The Labute approximate surface area is 116 Å². The second-order valence-electron chi connectivity index (χ2n) is 5.65. The van der Waals surface area contributed by atoms with Crippen LogP contribution in [-0.2, 0) is 6.54 Å². The molecule has 2 unspecified atom stereocenters. The van der Waals surface area contributed by atoms with Gasteiger partial charge in [-0.2, -0.15) is 0 Å². The van der Waals surface area contributed by atoms with E-state index in [1.165, 1.54) is 12.0 Å². The van der Waals surface area contributed by atoms with E-state index in [-0.39, 0.29) is 18.2 Å². The van der Waals surface area contributed by atoms with Gasteiger partial charge in [0.1, 0.15) is 5.75 Å². The van der Waals surface area contributed by atoms with Crippen molar-refractivity contribution < 1.29 is 9.84 Å². The molecule has 2 N–H and O–H groups in total. The highest BCUT2D eigenvalue weighted by Crippen LogP contribution is 2.19. The summed E-state index contributed by atoms with van der Waals surface area (Å²) in [6.07, 6.45) is 4.41. The lowest BCUT2D eigenvalue weighted by Crippen LogP contribution is -2.41. The number of hydrogen-bond acceptors (Lipinski definition) is 3. The van der Waals surface area contributed by atoms with E-state index < -0.39 is 0 Å². The maximum absolute atomic E-state index is 9.91. The maximum atomic E-state index is 9.91. The van der Waals surface area contributed by atoms with Crippen LogP contribution in [0.2, 0.25) is 0 Å². The third-order valence-corrected chi connectivity index (χ3v) is 3.59. The molecule has 3 heteroatoms. The molecule has 0 heterocycles. The molecule has 0 radical (unpaired) electrons. The predicted molar refractivity (Wildman–Crippen MR) is 77.3 cm³/mol. The van der Waals surface area contributed by atoms with Gasteiger partial charge in [-0.3, -0.25) is 0 Å². The topological polar surface area (TPSA) is 41.5 Å². The van der Waals surface area contributed by atoms with Gasteiger partial charge in [0.05, 0.1) is 12.2 Å². The number of aliphatic hydroxyl groups excluding tert-OH is 1. The highest BCUT2D eigenvalue weighted by atomic mass is 16.5. The molecule has 2 atom stereocenters. The van der Waals surface area contributed by atoms with E-state index >= 15 is 0 Å². The maximum Gasteiger partial charge on any atom is 0.119 e. The van der Waals surface area contributed by atoms with Crippen molar-refractivity contribution in [3.8, 4) is 5.75 Å². The Morgan fingerprint density at radius 3 is 2.53 bits per heavy atom. The smallest absolute Gasteiger partial charge is 0.119 e. The van der Waals surface area contributed by atoms with Crippen LogP contribution in [0.4, 0.5) is 0 Å². The van der Waals surface area contributed by atoms with Gasteiger partial charge < -0.3 is 15.2 Å². The zero-order chi connectivity index (χ0) is 13.7. The van der Waals surface area contributed by atoms with E-state index in [0.717, 1.165) is 31.6 Å². The van der Waals surface area contributed by atoms with Crippen LogP contribution in [0.1, 0.15) is 45.1 Å². The monoisotopic (exact) mass is 263 g/mol. The van der Waals surface area contributed by atoms with Gasteiger partial charge in [0, 0.05) is 12.6 Å². The van der Waals surface area contributed by atoms with Gasteiger partial charge in [-0.05, 0) is 44.4 Å². The first-order chi connectivity index (χ1) is 9.15. The third kappa shape index (κ3) is 4.51. The number of rotatable bonds is 5. The molecule has 106 valence electrons. The van der Waals surface area contributed by atoms with Gasteiger partial charge in [0.15, 0.2) is 0 Å². The van der Waals surface area contributed by atoms with E-state index in [2.05, 4.69) is 17.4 Å². The molecule has 1 aromatic carbocycles. The molecule has 1 aliphatic carbocycles. The molecule has 1 fully saturated rings. The van der Waals surface area contributed by atoms with Crippen LogP contribution in [-0.4, -0.2) is 23.4 Å². The molecule has 0 aliphatic heterocycles. The van der Waals surface area contributed by atoms with Crippen LogP contribution >= 0.6 is 0 Å². The Bertz CT molecular complexity index is 375. The normalized spacial score (nSPS) is 23.6. The van der Waals surface area contributed by atoms with Crippen molar-refractivity contribution in [1.82, 2.24) is 5.32 Å². The Morgan fingerprint density at radius 1 is 1.21 bits per heavy atom. The van der Waals surface area contributed by atoms with Gasteiger partial charge >= 0.3 is 0 Å². The summed E-state index contributed by atoms with van der Waals surface area (Å²) >= 11 is 0. The van der Waals surface area contributed by atoms with E-state index in [4.69, 9.17) is 4.74 Å². The summed E-state index contributed by atoms with van der Waals surface area (Å²) in [6, 6.07) is 8.43. The number of nitrogens with one attached hydrogen (secondary N) is 1. The minimum atomic E-state index is -0.183. The standard InChI is InChI=1S/C16H25NO2/c1-12(2)19-14-9-7-13(8-10-14)11-17-15-5-3-4-6-16(15)18/h7-10,12,15-18H,3-6,11H2,1-2H3. The first kappa shape index (κ1) is 14.4. The molecule has 1 aliphatic rings. The van der Waals surface area contributed by atoms with E-state index in [1.807, 2.05) is 26.0 Å². The number of benzene rings is 1. The van der Waals surface area contributed by atoms with E-state index in [1.54, 1.807) is 0 Å². The number of hydrogen-bond donors (Lipinski definition) is 2. The molecular weight excluding hydrogens is 238 g/mol. The SMILES string of the molecule is CC(C)Oc1ccc(CNC2CCCCC2O)cc1. The lowest BCUT2D eigenvalue weighted by Gasteiger charge is -2.28. The van der Waals surface area contributed by atoms with Crippen molar-refractivity contribution in [3.63, 3.8) is 0 Å². The highest BCUT2D eigenvalue weighted by Gasteiger charge is 2.21. The lowest BCUT2D eigenvalue weighted by molar-refractivity contribution is 0.0902. The average Bonchev–Trinajstić information content (AvgIpc) is 2.39. The van der Waals surface area contributed by atoms with Crippen LogP contribution in [0.15, 0.2) is 24.3 Å². The van der Waals surface area contributed by atoms with Crippen molar-refractivity contribution in [3.05, 3.63) is 29.8 Å². The predicted octanol–water partition coefficient (Wildman–Crippen LogP) is 2.87. The van der Waals surface area contributed by atoms with Crippen LogP contribution < -0.4 is 10.1 Å². The summed E-state index contributed by atoms with van der Waals surface area (Å²) < 4.78 is 5.62. The zero-order valence-corrected chi connectivity index (χ0v) is 11.9. The first-order valence-corrected chi connectivity index (χ1v) is 7.32. The molecule has 0 spiro atoms. The van der Waals surface area contributed by atoms with Crippen molar-refractivity contribution in [2.75, 3.05) is 0 Å². The summed E-state index contributed by atoms with van der Waals surface area (Å²) in [5.41, 5.74) is 1.23. The minimum Gasteiger partial charge on any atom is -0.491 e.